The topological polar surface area (TPSA) is 49.3 Å². The lowest BCUT2D eigenvalue weighted by Crippen LogP contribution is -2.40. The highest BCUT2D eigenvalue weighted by Crippen LogP contribution is 2.16. The summed E-state index contributed by atoms with van der Waals surface area (Å²) in [5.74, 6) is 1.93. The van der Waals surface area contributed by atoms with E-state index in [2.05, 4.69) is 4.72 Å². The minimum atomic E-state index is -1.81. The van der Waals surface area contributed by atoms with Crippen LogP contribution in [0.3, 0.4) is 0 Å². The molecule has 0 aromatic heterocycles. The van der Waals surface area contributed by atoms with E-state index in [-0.39, 0.29) is 6.04 Å². The molecule has 1 fully saturated rings. The number of rotatable bonds is 2. The van der Waals surface area contributed by atoms with Crippen LogP contribution in [0, 0.1) is 0 Å². The summed E-state index contributed by atoms with van der Waals surface area (Å²) in [4.78, 5) is 0. The Bertz CT molecular complexity index is 103. The van der Waals surface area contributed by atoms with E-state index in [0.29, 0.717) is 0 Å². The summed E-state index contributed by atoms with van der Waals surface area (Å²) in [6.45, 7) is 0. The van der Waals surface area contributed by atoms with Gasteiger partial charge in [0.2, 0.25) is 11.3 Å². The van der Waals surface area contributed by atoms with Crippen molar-refractivity contribution >= 4 is 23.0 Å². The summed E-state index contributed by atoms with van der Waals surface area (Å²) in [5, 5.41) is 0. The van der Waals surface area contributed by atoms with E-state index in [1.54, 1.807) is 11.8 Å². The van der Waals surface area contributed by atoms with Gasteiger partial charge in [-0.2, -0.15) is 11.8 Å². The molecule has 0 aromatic rings. The van der Waals surface area contributed by atoms with Crippen molar-refractivity contribution in [1.82, 2.24) is 4.72 Å². The van der Waals surface area contributed by atoms with Crippen LogP contribution in [0.5, 0.6) is 0 Å². The summed E-state index contributed by atoms with van der Waals surface area (Å²) in [5.41, 5.74) is 0. The standard InChI is InChI=1S/C3H7NO2S2/c5-8(6)4-3-1-7-2-3/h3-4H,1-2H2,(H,5,6). The fraction of sp³-hybridized carbons (Fsp3) is 1.00. The average molecular weight is 153 g/mol. The maximum Gasteiger partial charge on any atom is 0.232 e. The summed E-state index contributed by atoms with van der Waals surface area (Å²) in [7, 11) is 0. The van der Waals surface area contributed by atoms with Gasteiger partial charge in [0.25, 0.3) is 0 Å². The van der Waals surface area contributed by atoms with Crippen molar-refractivity contribution in [3.05, 3.63) is 0 Å². The zero-order valence-corrected chi connectivity index (χ0v) is 5.80. The predicted octanol–water partition coefficient (Wildman–Crippen LogP) is -0.172. The molecule has 1 unspecified atom stereocenters. The second-order valence-corrected chi connectivity index (χ2v) is 3.41. The fourth-order valence-electron chi connectivity index (χ4n) is 0.446. The van der Waals surface area contributed by atoms with Crippen LogP contribution < -0.4 is 4.72 Å². The molecule has 0 bridgehead atoms. The molecule has 1 atom stereocenters. The summed E-state index contributed by atoms with van der Waals surface area (Å²) in [6.07, 6.45) is 0. The molecule has 48 valence electrons. The van der Waals surface area contributed by atoms with Crippen LogP contribution in [0.15, 0.2) is 0 Å². The Labute approximate surface area is 54.6 Å². The zero-order chi connectivity index (χ0) is 5.98. The van der Waals surface area contributed by atoms with Crippen molar-refractivity contribution in [3.63, 3.8) is 0 Å². The highest BCUT2D eigenvalue weighted by molar-refractivity contribution is 8.00. The molecule has 0 spiro atoms. The van der Waals surface area contributed by atoms with E-state index in [9.17, 15) is 4.21 Å². The molecule has 0 aromatic carbocycles. The molecule has 1 heterocycles. The van der Waals surface area contributed by atoms with Crippen LogP contribution in [-0.2, 0) is 11.3 Å². The Morgan fingerprint density at radius 2 is 2.38 bits per heavy atom. The van der Waals surface area contributed by atoms with Gasteiger partial charge in [-0.3, -0.25) is 4.55 Å². The first-order valence-electron chi connectivity index (χ1n) is 2.24. The van der Waals surface area contributed by atoms with E-state index in [0.717, 1.165) is 11.5 Å². The van der Waals surface area contributed by atoms with Crippen LogP contribution in [0.2, 0.25) is 0 Å². The summed E-state index contributed by atoms with van der Waals surface area (Å²) >= 11 is -0.0285. The second kappa shape index (κ2) is 2.82. The molecular formula is C3H7NO2S2. The minimum Gasteiger partial charge on any atom is -0.294 e. The SMILES string of the molecule is O=S(O)NC1CSC1. The Balaban J connectivity index is 2.09. The quantitative estimate of drug-likeness (QED) is 0.541. The summed E-state index contributed by atoms with van der Waals surface area (Å²) in [6, 6.07) is 0.269. The number of thioether (sulfide) groups is 1. The van der Waals surface area contributed by atoms with Gasteiger partial charge in [0, 0.05) is 17.5 Å². The van der Waals surface area contributed by atoms with Crippen LogP contribution in [0.25, 0.3) is 0 Å². The normalized spacial score (nSPS) is 24.6. The Morgan fingerprint density at radius 1 is 1.75 bits per heavy atom. The molecule has 0 saturated carbocycles. The third-order valence-electron chi connectivity index (χ3n) is 0.906. The lowest BCUT2D eigenvalue weighted by molar-refractivity contribution is 0.537. The molecule has 1 aliphatic rings. The van der Waals surface area contributed by atoms with E-state index >= 15 is 0 Å². The van der Waals surface area contributed by atoms with Crippen LogP contribution >= 0.6 is 11.8 Å². The molecule has 1 rings (SSSR count). The third kappa shape index (κ3) is 1.74. The van der Waals surface area contributed by atoms with Crippen molar-refractivity contribution in [2.24, 2.45) is 0 Å². The average Bonchev–Trinajstić information content (AvgIpc) is 1.55. The van der Waals surface area contributed by atoms with Gasteiger partial charge in [-0.05, 0) is 0 Å². The van der Waals surface area contributed by atoms with Crippen LogP contribution in [0.1, 0.15) is 0 Å². The molecule has 5 heteroatoms. The van der Waals surface area contributed by atoms with Gasteiger partial charge in [-0.15, -0.1) is 0 Å². The van der Waals surface area contributed by atoms with Gasteiger partial charge in [-0.1, -0.05) is 0 Å². The van der Waals surface area contributed by atoms with Gasteiger partial charge >= 0.3 is 0 Å². The zero-order valence-electron chi connectivity index (χ0n) is 4.16. The Morgan fingerprint density at radius 3 is 2.50 bits per heavy atom. The first-order valence-corrected chi connectivity index (χ1v) is 4.50. The van der Waals surface area contributed by atoms with Crippen LogP contribution in [-0.4, -0.2) is 26.3 Å². The lowest BCUT2D eigenvalue weighted by atomic mass is 10.4. The number of hydrogen-bond donors (Lipinski definition) is 2. The monoisotopic (exact) mass is 153 g/mol. The first-order chi connectivity index (χ1) is 3.79. The van der Waals surface area contributed by atoms with E-state index < -0.39 is 11.3 Å². The molecule has 8 heavy (non-hydrogen) atoms. The van der Waals surface area contributed by atoms with Crippen molar-refractivity contribution in [2.45, 2.75) is 6.04 Å². The predicted molar refractivity (Wildman–Crippen MR) is 35.0 cm³/mol. The maximum absolute atomic E-state index is 9.99. The summed E-state index contributed by atoms with van der Waals surface area (Å²) < 4.78 is 20.7. The first kappa shape index (κ1) is 6.54. The highest BCUT2D eigenvalue weighted by atomic mass is 32.2. The third-order valence-corrected chi connectivity index (χ3v) is 2.72. The van der Waals surface area contributed by atoms with Crippen molar-refractivity contribution in [3.8, 4) is 0 Å². The van der Waals surface area contributed by atoms with Gasteiger partial charge in [0.15, 0.2) is 0 Å². The van der Waals surface area contributed by atoms with E-state index in [4.69, 9.17) is 4.55 Å². The maximum atomic E-state index is 9.99. The molecule has 0 radical (unpaired) electrons. The highest BCUT2D eigenvalue weighted by Gasteiger charge is 2.18. The molecule has 0 aliphatic carbocycles. The van der Waals surface area contributed by atoms with Gasteiger partial charge < -0.3 is 0 Å². The molecule has 1 aliphatic heterocycles. The van der Waals surface area contributed by atoms with Gasteiger partial charge in [-0.25, -0.2) is 8.93 Å². The Kier molecular flexibility index (Phi) is 2.30. The van der Waals surface area contributed by atoms with E-state index in [1.807, 2.05) is 0 Å². The molecule has 2 N–H and O–H groups in total. The number of nitrogens with one attached hydrogen (secondary N) is 1. The van der Waals surface area contributed by atoms with Gasteiger partial charge in [0.1, 0.15) is 0 Å². The van der Waals surface area contributed by atoms with E-state index in [1.165, 1.54) is 0 Å². The largest absolute Gasteiger partial charge is 0.294 e. The smallest absolute Gasteiger partial charge is 0.232 e. The van der Waals surface area contributed by atoms with Crippen LogP contribution in [0.4, 0.5) is 0 Å². The van der Waals surface area contributed by atoms with Crippen molar-refractivity contribution in [2.75, 3.05) is 11.5 Å². The second-order valence-electron chi connectivity index (χ2n) is 1.60. The minimum absolute atomic E-state index is 0.269. The molecule has 0 amide bonds. The van der Waals surface area contributed by atoms with Crippen molar-refractivity contribution in [1.29, 1.82) is 0 Å². The van der Waals surface area contributed by atoms with Gasteiger partial charge in [0.05, 0.1) is 0 Å². The van der Waals surface area contributed by atoms with Crippen molar-refractivity contribution < 1.29 is 8.76 Å². The molecule has 1 saturated heterocycles. The fourth-order valence-corrected chi connectivity index (χ4v) is 1.75. The Hall–Kier alpha value is 0.420. The number of hydrogen-bond acceptors (Lipinski definition) is 2. The lowest BCUT2D eigenvalue weighted by Gasteiger charge is -2.23. The molecular weight excluding hydrogens is 146 g/mol. The molecule has 3 nitrogen and oxygen atoms in total.